The van der Waals surface area contributed by atoms with Gasteiger partial charge in [-0.15, -0.1) is 0 Å². The first-order chi connectivity index (χ1) is 10.5. The standard InChI is InChI=1S/C16H23N3O3/c1-12-5-4-6-14(11-12)17-16(21)19-9-7-18(8-10-19)13(2)15(20)22-3/h4-6,11,13H,7-10H2,1-3H3,(H,17,21). The van der Waals surface area contributed by atoms with Crippen LogP contribution in [0, 0.1) is 6.92 Å². The number of carbonyl (C=O) groups is 2. The fourth-order valence-corrected chi connectivity index (χ4v) is 2.56. The van der Waals surface area contributed by atoms with E-state index in [0.29, 0.717) is 26.2 Å². The third-order valence-electron chi connectivity index (χ3n) is 3.96. The lowest BCUT2D eigenvalue weighted by Crippen LogP contribution is -2.54. The summed E-state index contributed by atoms with van der Waals surface area (Å²) in [7, 11) is 1.39. The van der Waals surface area contributed by atoms with E-state index in [4.69, 9.17) is 4.74 Å². The molecule has 0 spiro atoms. The highest BCUT2D eigenvalue weighted by atomic mass is 16.5. The highest BCUT2D eigenvalue weighted by Gasteiger charge is 2.27. The van der Waals surface area contributed by atoms with Crippen molar-refractivity contribution in [3.8, 4) is 0 Å². The lowest BCUT2D eigenvalue weighted by atomic mass is 10.2. The van der Waals surface area contributed by atoms with E-state index in [9.17, 15) is 9.59 Å². The second kappa shape index (κ2) is 7.26. The molecule has 1 saturated heterocycles. The molecule has 1 unspecified atom stereocenters. The van der Waals surface area contributed by atoms with Gasteiger partial charge in [0, 0.05) is 31.9 Å². The molecule has 0 saturated carbocycles. The second-order valence-electron chi connectivity index (χ2n) is 5.52. The normalized spacial score (nSPS) is 17.0. The van der Waals surface area contributed by atoms with E-state index < -0.39 is 0 Å². The van der Waals surface area contributed by atoms with E-state index in [1.807, 2.05) is 43.0 Å². The number of rotatable bonds is 3. The van der Waals surface area contributed by atoms with Crippen LogP contribution >= 0.6 is 0 Å². The van der Waals surface area contributed by atoms with Crippen LogP contribution in [-0.2, 0) is 9.53 Å². The number of nitrogens with zero attached hydrogens (tertiary/aromatic N) is 2. The van der Waals surface area contributed by atoms with Crippen LogP contribution in [-0.4, -0.2) is 61.1 Å². The fourth-order valence-electron chi connectivity index (χ4n) is 2.56. The van der Waals surface area contributed by atoms with Crippen LogP contribution in [0.4, 0.5) is 10.5 Å². The van der Waals surface area contributed by atoms with Gasteiger partial charge in [0.2, 0.25) is 0 Å². The molecule has 2 amide bonds. The van der Waals surface area contributed by atoms with Crippen LogP contribution in [0.1, 0.15) is 12.5 Å². The van der Waals surface area contributed by atoms with Crippen LogP contribution in [0.15, 0.2) is 24.3 Å². The smallest absolute Gasteiger partial charge is 0.322 e. The van der Waals surface area contributed by atoms with Gasteiger partial charge in [0.25, 0.3) is 0 Å². The van der Waals surface area contributed by atoms with Gasteiger partial charge in [-0.1, -0.05) is 12.1 Å². The predicted octanol–water partition coefficient (Wildman–Crippen LogP) is 1.71. The van der Waals surface area contributed by atoms with Crippen molar-refractivity contribution in [3.63, 3.8) is 0 Å². The van der Waals surface area contributed by atoms with Gasteiger partial charge in [-0.2, -0.15) is 0 Å². The molecule has 120 valence electrons. The molecule has 1 aliphatic heterocycles. The zero-order valence-corrected chi connectivity index (χ0v) is 13.3. The number of hydrogen-bond acceptors (Lipinski definition) is 4. The molecule has 2 rings (SSSR count). The lowest BCUT2D eigenvalue weighted by Gasteiger charge is -2.36. The van der Waals surface area contributed by atoms with Crippen LogP contribution in [0.2, 0.25) is 0 Å². The number of methoxy groups -OCH3 is 1. The minimum absolute atomic E-state index is 0.101. The maximum atomic E-state index is 12.3. The minimum atomic E-state index is -0.271. The van der Waals surface area contributed by atoms with Crippen molar-refractivity contribution in [2.24, 2.45) is 0 Å². The van der Waals surface area contributed by atoms with Crippen molar-refractivity contribution in [1.29, 1.82) is 0 Å². The number of benzene rings is 1. The van der Waals surface area contributed by atoms with Crippen molar-refractivity contribution in [2.45, 2.75) is 19.9 Å². The molecule has 6 nitrogen and oxygen atoms in total. The molecule has 1 fully saturated rings. The number of anilines is 1. The van der Waals surface area contributed by atoms with E-state index in [2.05, 4.69) is 5.32 Å². The monoisotopic (exact) mass is 305 g/mol. The van der Waals surface area contributed by atoms with Gasteiger partial charge < -0.3 is 15.0 Å². The molecule has 1 heterocycles. The van der Waals surface area contributed by atoms with Crippen LogP contribution in [0.25, 0.3) is 0 Å². The van der Waals surface area contributed by atoms with Gasteiger partial charge >= 0.3 is 12.0 Å². The maximum Gasteiger partial charge on any atom is 0.322 e. The third kappa shape index (κ3) is 3.98. The van der Waals surface area contributed by atoms with Crippen molar-refractivity contribution in [3.05, 3.63) is 29.8 Å². The van der Waals surface area contributed by atoms with Gasteiger partial charge in [0.15, 0.2) is 0 Å². The van der Waals surface area contributed by atoms with Gasteiger partial charge in [0.05, 0.1) is 7.11 Å². The second-order valence-corrected chi connectivity index (χ2v) is 5.52. The van der Waals surface area contributed by atoms with Crippen LogP contribution in [0.5, 0.6) is 0 Å². The minimum Gasteiger partial charge on any atom is -0.468 e. The largest absolute Gasteiger partial charge is 0.468 e. The molecule has 0 radical (unpaired) electrons. The van der Waals surface area contributed by atoms with Crippen molar-refractivity contribution in [2.75, 3.05) is 38.6 Å². The number of amides is 2. The van der Waals surface area contributed by atoms with Crippen molar-refractivity contribution in [1.82, 2.24) is 9.80 Å². The molecular formula is C16H23N3O3. The number of urea groups is 1. The summed E-state index contributed by atoms with van der Waals surface area (Å²) in [6.45, 7) is 6.34. The highest BCUT2D eigenvalue weighted by Crippen LogP contribution is 2.12. The fraction of sp³-hybridized carbons (Fsp3) is 0.500. The summed E-state index contributed by atoms with van der Waals surface area (Å²) in [5.74, 6) is -0.238. The molecule has 0 bridgehead atoms. The summed E-state index contributed by atoms with van der Waals surface area (Å²) in [6, 6.07) is 7.35. The zero-order valence-electron chi connectivity index (χ0n) is 13.3. The molecule has 6 heteroatoms. The molecule has 1 aromatic carbocycles. The highest BCUT2D eigenvalue weighted by molar-refractivity contribution is 5.89. The molecule has 22 heavy (non-hydrogen) atoms. The number of aryl methyl sites for hydroxylation is 1. The van der Waals surface area contributed by atoms with Gasteiger partial charge in [0.1, 0.15) is 6.04 Å². The predicted molar refractivity (Wildman–Crippen MR) is 84.8 cm³/mol. The Morgan fingerprint density at radius 1 is 1.23 bits per heavy atom. The molecular weight excluding hydrogens is 282 g/mol. The summed E-state index contributed by atoms with van der Waals surface area (Å²) >= 11 is 0. The molecule has 0 aromatic heterocycles. The Hall–Kier alpha value is -2.08. The van der Waals surface area contributed by atoms with Gasteiger partial charge in [-0.05, 0) is 31.5 Å². The summed E-state index contributed by atoms with van der Waals surface area (Å²) in [4.78, 5) is 27.6. The maximum absolute atomic E-state index is 12.3. The third-order valence-corrected chi connectivity index (χ3v) is 3.96. The number of hydrogen-bond donors (Lipinski definition) is 1. The average Bonchev–Trinajstić information content (AvgIpc) is 2.53. The summed E-state index contributed by atoms with van der Waals surface area (Å²) in [5.41, 5.74) is 1.91. The van der Waals surface area contributed by atoms with Crippen LogP contribution < -0.4 is 5.32 Å². The SMILES string of the molecule is COC(=O)C(C)N1CCN(C(=O)Nc2cccc(C)c2)CC1. The number of esters is 1. The average molecular weight is 305 g/mol. The molecule has 1 aromatic rings. The Labute approximate surface area is 131 Å². The first-order valence-electron chi connectivity index (χ1n) is 7.45. The summed E-state index contributed by atoms with van der Waals surface area (Å²) in [6.07, 6.45) is 0. The van der Waals surface area contributed by atoms with Crippen LogP contribution in [0.3, 0.4) is 0 Å². The van der Waals surface area contributed by atoms with E-state index in [0.717, 1.165) is 11.3 Å². The van der Waals surface area contributed by atoms with Crippen molar-refractivity contribution < 1.29 is 14.3 Å². The van der Waals surface area contributed by atoms with E-state index in [1.54, 1.807) is 4.90 Å². The van der Waals surface area contributed by atoms with E-state index in [-0.39, 0.29) is 18.0 Å². The number of carbonyl (C=O) groups excluding carboxylic acids is 2. The first-order valence-corrected chi connectivity index (χ1v) is 7.45. The Bertz CT molecular complexity index is 539. The first kappa shape index (κ1) is 16.3. The van der Waals surface area contributed by atoms with Crippen molar-refractivity contribution >= 4 is 17.7 Å². The number of nitrogens with one attached hydrogen (secondary N) is 1. The molecule has 0 aliphatic carbocycles. The quantitative estimate of drug-likeness (QED) is 0.864. The van der Waals surface area contributed by atoms with Gasteiger partial charge in [-0.3, -0.25) is 9.69 Å². The number of piperazine rings is 1. The summed E-state index contributed by atoms with van der Waals surface area (Å²) < 4.78 is 4.76. The molecule has 1 N–H and O–H groups in total. The van der Waals surface area contributed by atoms with E-state index >= 15 is 0 Å². The summed E-state index contributed by atoms with van der Waals surface area (Å²) in [5, 5.41) is 2.91. The lowest BCUT2D eigenvalue weighted by molar-refractivity contribution is -0.146. The number of ether oxygens (including phenoxy) is 1. The topological polar surface area (TPSA) is 61.9 Å². The Balaban J connectivity index is 1.86. The molecule has 1 atom stereocenters. The van der Waals surface area contributed by atoms with E-state index in [1.165, 1.54) is 7.11 Å². The Morgan fingerprint density at radius 3 is 2.50 bits per heavy atom. The Morgan fingerprint density at radius 2 is 1.91 bits per heavy atom. The molecule has 1 aliphatic rings. The van der Waals surface area contributed by atoms with Gasteiger partial charge in [-0.25, -0.2) is 4.79 Å². The zero-order chi connectivity index (χ0) is 16.1. The Kier molecular flexibility index (Phi) is 5.38.